The van der Waals surface area contributed by atoms with E-state index in [1.807, 2.05) is 0 Å². The highest BCUT2D eigenvalue weighted by Crippen LogP contribution is 2.16. The van der Waals surface area contributed by atoms with Crippen LogP contribution in [0.2, 0.25) is 0 Å². The number of piperazine rings is 1. The fourth-order valence-corrected chi connectivity index (χ4v) is 3.59. The fourth-order valence-electron chi connectivity index (χ4n) is 2.73. The number of aliphatic imine (C=N–C) groups is 1. The van der Waals surface area contributed by atoms with Gasteiger partial charge in [0.1, 0.15) is 5.01 Å². The molecule has 1 aliphatic rings. The SMILES string of the molecule is CCNC(=NCc1nc(C)c(C)s1)NCC(C)N1CCN(C)CC1. The van der Waals surface area contributed by atoms with E-state index in [4.69, 9.17) is 0 Å². The second kappa shape index (κ2) is 9.34. The van der Waals surface area contributed by atoms with E-state index < -0.39 is 0 Å². The number of rotatable bonds is 6. The smallest absolute Gasteiger partial charge is 0.191 e. The summed E-state index contributed by atoms with van der Waals surface area (Å²) >= 11 is 1.74. The molecule has 1 aliphatic heterocycles. The largest absolute Gasteiger partial charge is 0.357 e. The van der Waals surface area contributed by atoms with Crippen LogP contribution in [0.4, 0.5) is 0 Å². The van der Waals surface area contributed by atoms with E-state index in [0.29, 0.717) is 12.6 Å². The Morgan fingerprint density at radius 3 is 2.54 bits per heavy atom. The van der Waals surface area contributed by atoms with Gasteiger partial charge in [-0.3, -0.25) is 4.90 Å². The molecule has 1 unspecified atom stereocenters. The van der Waals surface area contributed by atoms with Crippen molar-refractivity contribution in [2.75, 3.05) is 46.3 Å². The standard InChI is InChI=1S/C17H32N6S/c1-6-18-17(20-12-16-21-14(3)15(4)24-16)19-11-13(2)23-9-7-22(5)8-10-23/h13H,6-12H2,1-5H3,(H2,18,19,20). The molecule has 1 aromatic rings. The van der Waals surface area contributed by atoms with E-state index >= 15 is 0 Å². The summed E-state index contributed by atoms with van der Waals surface area (Å²) in [4.78, 5) is 15.5. The fraction of sp³-hybridized carbons (Fsp3) is 0.765. The number of aromatic nitrogens is 1. The molecule has 1 fully saturated rings. The van der Waals surface area contributed by atoms with Gasteiger partial charge in [-0.2, -0.15) is 0 Å². The van der Waals surface area contributed by atoms with Gasteiger partial charge in [0.2, 0.25) is 0 Å². The monoisotopic (exact) mass is 352 g/mol. The van der Waals surface area contributed by atoms with Crippen molar-refractivity contribution in [1.82, 2.24) is 25.4 Å². The average molecular weight is 353 g/mol. The second-order valence-electron chi connectivity index (χ2n) is 6.51. The summed E-state index contributed by atoms with van der Waals surface area (Å²) in [5.41, 5.74) is 1.12. The number of hydrogen-bond acceptors (Lipinski definition) is 5. The molecule has 2 N–H and O–H groups in total. The first-order valence-electron chi connectivity index (χ1n) is 8.87. The molecule has 0 aliphatic carbocycles. The van der Waals surface area contributed by atoms with Gasteiger partial charge in [0, 0.05) is 50.2 Å². The number of nitrogens with one attached hydrogen (secondary N) is 2. The summed E-state index contributed by atoms with van der Waals surface area (Å²) in [7, 11) is 2.19. The van der Waals surface area contributed by atoms with Crippen molar-refractivity contribution < 1.29 is 0 Å². The summed E-state index contributed by atoms with van der Waals surface area (Å²) in [6.45, 7) is 15.6. The summed E-state index contributed by atoms with van der Waals surface area (Å²) in [6, 6.07) is 0.506. The third kappa shape index (κ3) is 5.72. The van der Waals surface area contributed by atoms with Crippen molar-refractivity contribution in [3.63, 3.8) is 0 Å². The molecule has 1 atom stereocenters. The van der Waals surface area contributed by atoms with Crippen LogP contribution < -0.4 is 10.6 Å². The van der Waals surface area contributed by atoms with Gasteiger partial charge in [0.25, 0.3) is 0 Å². The van der Waals surface area contributed by atoms with Gasteiger partial charge in [-0.15, -0.1) is 11.3 Å². The molecule has 0 saturated carbocycles. The zero-order chi connectivity index (χ0) is 17.5. The number of likely N-dealkylation sites (N-methyl/N-ethyl adjacent to an activating group) is 1. The van der Waals surface area contributed by atoms with E-state index in [1.54, 1.807) is 11.3 Å². The Hall–Kier alpha value is -1.18. The predicted molar refractivity (Wildman–Crippen MR) is 103 cm³/mol. The highest BCUT2D eigenvalue weighted by molar-refractivity contribution is 7.11. The van der Waals surface area contributed by atoms with Crippen LogP contribution in [0.25, 0.3) is 0 Å². The van der Waals surface area contributed by atoms with Crippen LogP contribution in [0.15, 0.2) is 4.99 Å². The lowest BCUT2D eigenvalue weighted by Crippen LogP contribution is -2.52. The topological polar surface area (TPSA) is 55.8 Å². The Morgan fingerprint density at radius 1 is 1.25 bits per heavy atom. The number of guanidine groups is 1. The van der Waals surface area contributed by atoms with Gasteiger partial charge in [0.15, 0.2) is 5.96 Å². The van der Waals surface area contributed by atoms with Crippen molar-refractivity contribution in [3.8, 4) is 0 Å². The minimum Gasteiger partial charge on any atom is -0.357 e. The van der Waals surface area contributed by atoms with Gasteiger partial charge in [-0.25, -0.2) is 9.98 Å². The van der Waals surface area contributed by atoms with E-state index in [1.165, 1.54) is 4.88 Å². The third-order valence-corrected chi connectivity index (χ3v) is 5.57. The Kier molecular flexibility index (Phi) is 7.45. The number of nitrogens with zero attached hydrogens (tertiary/aromatic N) is 4. The first-order valence-corrected chi connectivity index (χ1v) is 9.69. The van der Waals surface area contributed by atoms with E-state index in [0.717, 1.165) is 55.9 Å². The normalized spacial score (nSPS) is 18.6. The Labute approximate surface area is 150 Å². The lowest BCUT2D eigenvalue weighted by molar-refractivity contribution is 0.120. The summed E-state index contributed by atoms with van der Waals surface area (Å²) in [6.07, 6.45) is 0. The van der Waals surface area contributed by atoms with Gasteiger partial charge in [-0.05, 0) is 34.7 Å². The van der Waals surface area contributed by atoms with E-state index in [2.05, 4.69) is 65.2 Å². The minimum absolute atomic E-state index is 0.506. The van der Waals surface area contributed by atoms with Gasteiger partial charge in [0.05, 0.1) is 12.2 Å². The molecule has 1 aromatic heterocycles. The molecule has 136 valence electrons. The number of hydrogen-bond donors (Lipinski definition) is 2. The van der Waals surface area contributed by atoms with Crippen LogP contribution in [-0.4, -0.2) is 73.1 Å². The first kappa shape index (κ1) is 19.1. The van der Waals surface area contributed by atoms with E-state index in [-0.39, 0.29) is 0 Å². The molecule has 0 amide bonds. The third-order valence-electron chi connectivity index (χ3n) is 4.52. The molecule has 2 rings (SSSR count). The van der Waals surface area contributed by atoms with Crippen LogP contribution in [-0.2, 0) is 6.54 Å². The van der Waals surface area contributed by atoms with E-state index in [9.17, 15) is 0 Å². The summed E-state index contributed by atoms with van der Waals surface area (Å²) < 4.78 is 0. The van der Waals surface area contributed by atoms with Gasteiger partial charge < -0.3 is 15.5 Å². The van der Waals surface area contributed by atoms with Crippen LogP contribution in [0.5, 0.6) is 0 Å². The Morgan fingerprint density at radius 2 is 1.96 bits per heavy atom. The van der Waals surface area contributed by atoms with Gasteiger partial charge >= 0.3 is 0 Å². The van der Waals surface area contributed by atoms with Crippen LogP contribution in [0, 0.1) is 13.8 Å². The molecule has 7 heteroatoms. The van der Waals surface area contributed by atoms with Gasteiger partial charge in [-0.1, -0.05) is 0 Å². The van der Waals surface area contributed by atoms with Crippen molar-refractivity contribution in [2.45, 2.75) is 40.3 Å². The van der Waals surface area contributed by atoms with Crippen molar-refractivity contribution in [3.05, 3.63) is 15.6 Å². The average Bonchev–Trinajstić information content (AvgIpc) is 2.88. The van der Waals surface area contributed by atoms with Crippen LogP contribution in [0.3, 0.4) is 0 Å². The zero-order valence-electron chi connectivity index (χ0n) is 15.7. The molecule has 0 bridgehead atoms. The van der Waals surface area contributed by atoms with Crippen molar-refractivity contribution in [1.29, 1.82) is 0 Å². The van der Waals surface area contributed by atoms with Crippen molar-refractivity contribution in [2.24, 2.45) is 4.99 Å². The number of aryl methyl sites for hydroxylation is 2. The molecule has 0 radical (unpaired) electrons. The predicted octanol–water partition coefficient (Wildman–Crippen LogP) is 1.45. The minimum atomic E-state index is 0.506. The molecule has 1 saturated heterocycles. The molecular formula is C17H32N6S. The molecule has 0 spiro atoms. The molecule has 6 nitrogen and oxygen atoms in total. The maximum atomic E-state index is 4.68. The summed E-state index contributed by atoms with van der Waals surface area (Å²) in [5.74, 6) is 0.879. The molecule has 2 heterocycles. The molecule has 24 heavy (non-hydrogen) atoms. The Balaban J connectivity index is 1.84. The van der Waals surface area contributed by atoms with Crippen molar-refractivity contribution >= 4 is 17.3 Å². The molecular weight excluding hydrogens is 320 g/mol. The zero-order valence-corrected chi connectivity index (χ0v) is 16.5. The van der Waals surface area contributed by atoms with Crippen LogP contribution >= 0.6 is 11.3 Å². The highest BCUT2D eigenvalue weighted by Gasteiger charge is 2.19. The lowest BCUT2D eigenvalue weighted by atomic mass is 10.2. The summed E-state index contributed by atoms with van der Waals surface area (Å²) in [5, 5.41) is 7.89. The maximum Gasteiger partial charge on any atom is 0.191 e. The quantitative estimate of drug-likeness (QED) is 0.599. The lowest BCUT2D eigenvalue weighted by Gasteiger charge is -2.36. The van der Waals surface area contributed by atoms with Crippen LogP contribution in [0.1, 0.15) is 29.4 Å². The maximum absolute atomic E-state index is 4.68. The second-order valence-corrected chi connectivity index (χ2v) is 7.80. The molecule has 0 aromatic carbocycles. The Bertz CT molecular complexity index is 514. The highest BCUT2D eigenvalue weighted by atomic mass is 32.1. The first-order chi connectivity index (χ1) is 11.5. The number of thiazole rings is 1.